The van der Waals surface area contributed by atoms with Crippen molar-refractivity contribution in [2.75, 3.05) is 6.54 Å². The third kappa shape index (κ3) is 3.72. The molecular formula is C13H18N2O5S. The Morgan fingerprint density at radius 3 is 2.67 bits per heavy atom. The van der Waals surface area contributed by atoms with Crippen molar-refractivity contribution in [3.8, 4) is 0 Å². The van der Waals surface area contributed by atoms with E-state index in [1.165, 1.54) is 20.1 Å². The molecule has 0 aromatic carbocycles. The second-order valence-corrected chi connectivity index (χ2v) is 6.93. The highest BCUT2D eigenvalue weighted by molar-refractivity contribution is 7.89. The Bertz CT molecular complexity index is 682. The molecule has 0 fully saturated rings. The molecule has 0 bridgehead atoms. The van der Waals surface area contributed by atoms with Gasteiger partial charge >= 0.3 is 0 Å². The maximum Gasteiger partial charge on any atom is 0.246 e. The minimum Gasteiger partial charge on any atom is -0.469 e. The van der Waals surface area contributed by atoms with Gasteiger partial charge in [0.2, 0.25) is 10.0 Å². The van der Waals surface area contributed by atoms with E-state index in [2.05, 4.69) is 9.88 Å². The minimum absolute atomic E-state index is 0.0105. The fraction of sp³-hybridized carbons (Fsp3) is 0.462. The van der Waals surface area contributed by atoms with Gasteiger partial charge in [0.15, 0.2) is 5.76 Å². The molecule has 1 atom stereocenters. The summed E-state index contributed by atoms with van der Waals surface area (Å²) in [7, 11) is -3.79. The normalized spacial score (nSPS) is 15.0. The Labute approximate surface area is 123 Å². The molecule has 8 heteroatoms. The predicted octanol–water partition coefficient (Wildman–Crippen LogP) is 1.16. The largest absolute Gasteiger partial charge is 0.469 e. The van der Waals surface area contributed by atoms with E-state index in [1.54, 1.807) is 19.1 Å². The van der Waals surface area contributed by atoms with Crippen LogP contribution in [-0.4, -0.2) is 30.8 Å². The number of hydrogen-bond donors (Lipinski definition) is 2. The van der Waals surface area contributed by atoms with Gasteiger partial charge in [0, 0.05) is 13.0 Å². The molecule has 0 aliphatic carbocycles. The topological polar surface area (TPSA) is 106 Å². The number of furan rings is 1. The van der Waals surface area contributed by atoms with Crippen LogP contribution >= 0.6 is 0 Å². The zero-order chi connectivity index (χ0) is 15.7. The van der Waals surface area contributed by atoms with Gasteiger partial charge in [-0.3, -0.25) is 0 Å². The molecule has 0 radical (unpaired) electrons. The Kier molecular flexibility index (Phi) is 4.22. The highest BCUT2D eigenvalue weighted by Gasteiger charge is 2.29. The molecule has 0 saturated carbocycles. The van der Waals surface area contributed by atoms with Crippen LogP contribution in [0.3, 0.4) is 0 Å². The lowest BCUT2D eigenvalue weighted by Crippen LogP contribution is -2.42. The van der Waals surface area contributed by atoms with E-state index >= 15 is 0 Å². The summed E-state index contributed by atoms with van der Waals surface area (Å²) in [6.45, 7) is 4.45. The van der Waals surface area contributed by atoms with Gasteiger partial charge in [0.05, 0.1) is 11.9 Å². The van der Waals surface area contributed by atoms with Gasteiger partial charge in [0.1, 0.15) is 16.3 Å². The summed E-state index contributed by atoms with van der Waals surface area (Å²) in [5.41, 5.74) is -0.991. The highest BCUT2D eigenvalue weighted by Crippen LogP contribution is 2.19. The number of aliphatic hydroxyl groups is 1. The molecular weight excluding hydrogens is 296 g/mol. The zero-order valence-electron chi connectivity index (χ0n) is 12.1. The Hall–Kier alpha value is -1.64. The van der Waals surface area contributed by atoms with Crippen molar-refractivity contribution in [3.05, 3.63) is 35.6 Å². The van der Waals surface area contributed by atoms with Crippen LogP contribution in [0.5, 0.6) is 0 Å². The number of aryl methyl sites for hydroxylation is 2. The van der Waals surface area contributed by atoms with E-state index in [-0.39, 0.29) is 29.3 Å². The van der Waals surface area contributed by atoms with Crippen molar-refractivity contribution in [1.29, 1.82) is 0 Å². The Morgan fingerprint density at radius 2 is 2.14 bits per heavy atom. The van der Waals surface area contributed by atoms with E-state index in [1.807, 2.05) is 0 Å². The first-order valence-corrected chi connectivity index (χ1v) is 7.87. The summed E-state index contributed by atoms with van der Waals surface area (Å²) in [5.74, 6) is 0.794. The number of aromatic nitrogens is 1. The van der Waals surface area contributed by atoms with Crippen molar-refractivity contribution in [2.45, 2.75) is 37.7 Å². The molecule has 0 amide bonds. The molecule has 0 saturated heterocycles. The van der Waals surface area contributed by atoms with Gasteiger partial charge in [-0.2, -0.15) is 0 Å². The molecule has 2 N–H and O–H groups in total. The first kappa shape index (κ1) is 15.7. The zero-order valence-corrected chi connectivity index (χ0v) is 12.9. The predicted molar refractivity (Wildman–Crippen MR) is 74.2 cm³/mol. The quantitative estimate of drug-likeness (QED) is 0.828. The van der Waals surface area contributed by atoms with Crippen molar-refractivity contribution in [2.24, 2.45) is 0 Å². The first-order chi connectivity index (χ1) is 9.71. The second-order valence-electron chi connectivity index (χ2n) is 5.23. The lowest BCUT2D eigenvalue weighted by atomic mass is 10.0. The fourth-order valence-corrected chi connectivity index (χ4v) is 3.52. The standard InChI is InChI=1S/C13H18N2O5S/c1-9-12(10(2)20-15-9)21(17,18)14-8-13(3,16)7-11-5-4-6-19-11/h4-6,14,16H,7-8H2,1-3H3. The van der Waals surface area contributed by atoms with Crippen LogP contribution in [0, 0.1) is 13.8 Å². The number of nitrogens with zero attached hydrogens (tertiary/aromatic N) is 1. The summed E-state index contributed by atoms with van der Waals surface area (Å²) in [4.78, 5) is 0.0105. The van der Waals surface area contributed by atoms with Crippen LogP contribution in [0.4, 0.5) is 0 Å². The summed E-state index contributed by atoms with van der Waals surface area (Å²) < 4.78 is 36.9. The summed E-state index contributed by atoms with van der Waals surface area (Å²) >= 11 is 0. The van der Waals surface area contributed by atoms with Gasteiger partial charge in [-0.1, -0.05) is 5.16 Å². The second kappa shape index (κ2) is 5.63. The number of hydrogen-bond acceptors (Lipinski definition) is 6. The fourth-order valence-electron chi connectivity index (χ4n) is 2.03. The van der Waals surface area contributed by atoms with E-state index in [4.69, 9.17) is 8.94 Å². The first-order valence-electron chi connectivity index (χ1n) is 6.38. The van der Waals surface area contributed by atoms with Crippen LogP contribution in [0.25, 0.3) is 0 Å². The summed E-state index contributed by atoms with van der Waals surface area (Å²) in [6.07, 6.45) is 1.70. The molecule has 0 aliphatic heterocycles. The third-order valence-corrected chi connectivity index (χ3v) is 4.66. The van der Waals surface area contributed by atoms with Crippen molar-refractivity contribution in [3.63, 3.8) is 0 Å². The van der Waals surface area contributed by atoms with Gasteiger partial charge in [0.25, 0.3) is 0 Å². The molecule has 2 aromatic rings. The Morgan fingerprint density at radius 1 is 1.43 bits per heavy atom. The highest BCUT2D eigenvalue weighted by atomic mass is 32.2. The van der Waals surface area contributed by atoms with Crippen molar-refractivity contribution >= 4 is 10.0 Å². The van der Waals surface area contributed by atoms with Crippen LogP contribution < -0.4 is 4.72 Å². The smallest absolute Gasteiger partial charge is 0.246 e. The van der Waals surface area contributed by atoms with E-state index in [0.717, 1.165) is 0 Å². The number of sulfonamides is 1. The van der Waals surface area contributed by atoms with E-state index < -0.39 is 15.6 Å². The molecule has 1 unspecified atom stereocenters. The van der Waals surface area contributed by atoms with Crippen molar-refractivity contribution < 1.29 is 22.5 Å². The molecule has 116 valence electrons. The lowest BCUT2D eigenvalue weighted by molar-refractivity contribution is 0.0603. The molecule has 2 heterocycles. The lowest BCUT2D eigenvalue weighted by Gasteiger charge is -2.22. The van der Waals surface area contributed by atoms with Crippen LogP contribution in [0.2, 0.25) is 0 Å². The summed E-state index contributed by atoms with van der Waals surface area (Å²) in [5, 5.41) is 13.9. The summed E-state index contributed by atoms with van der Waals surface area (Å²) in [6, 6.07) is 3.43. The van der Waals surface area contributed by atoms with Crippen LogP contribution in [0.15, 0.2) is 32.2 Å². The Balaban J connectivity index is 2.08. The van der Waals surface area contributed by atoms with Gasteiger partial charge in [-0.05, 0) is 32.9 Å². The molecule has 21 heavy (non-hydrogen) atoms. The SMILES string of the molecule is Cc1noc(C)c1S(=O)(=O)NCC(C)(O)Cc1ccco1. The van der Waals surface area contributed by atoms with E-state index in [9.17, 15) is 13.5 Å². The number of rotatable bonds is 6. The average molecular weight is 314 g/mol. The molecule has 2 aromatic heterocycles. The van der Waals surface area contributed by atoms with Gasteiger partial charge in [-0.15, -0.1) is 0 Å². The maximum absolute atomic E-state index is 12.2. The maximum atomic E-state index is 12.2. The molecule has 7 nitrogen and oxygen atoms in total. The third-order valence-electron chi connectivity index (χ3n) is 3.01. The minimum atomic E-state index is -3.79. The van der Waals surface area contributed by atoms with Crippen molar-refractivity contribution in [1.82, 2.24) is 9.88 Å². The average Bonchev–Trinajstić information content (AvgIpc) is 2.97. The number of nitrogens with one attached hydrogen (secondary N) is 1. The van der Waals surface area contributed by atoms with E-state index in [0.29, 0.717) is 5.76 Å². The van der Waals surface area contributed by atoms with Gasteiger partial charge in [-0.25, -0.2) is 13.1 Å². The van der Waals surface area contributed by atoms with Gasteiger partial charge < -0.3 is 14.0 Å². The molecule has 0 spiro atoms. The van der Waals surface area contributed by atoms with Crippen LogP contribution in [-0.2, 0) is 16.4 Å². The molecule has 0 aliphatic rings. The monoisotopic (exact) mass is 314 g/mol. The van der Waals surface area contributed by atoms with Crippen LogP contribution in [0.1, 0.15) is 24.1 Å². The molecule has 2 rings (SSSR count).